The summed E-state index contributed by atoms with van der Waals surface area (Å²) in [6, 6.07) is -0.548. The smallest absolute Gasteiger partial charge is 0.229 e. The highest BCUT2D eigenvalue weighted by atomic mass is 35.5. The van der Waals surface area contributed by atoms with Crippen LogP contribution in [0.5, 0.6) is 0 Å². The molecule has 0 unspecified atom stereocenters. The number of hydrogen-bond acceptors (Lipinski definition) is 7. The zero-order valence-corrected chi connectivity index (χ0v) is 7.94. The Kier molecular flexibility index (Phi) is 3.81. The molecule has 0 amide bonds. The monoisotopic (exact) mass is 219 g/mol. The Labute approximate surface area is 85.0 Å². The van der Waals surface area contributed by atoms with E-state index in [1.165, 1.54) is 0 Å². The summed E-state index contributed by atoms with van der Waals surface area (Å²) < 4.78 is 0. The minimum absolute atomic E-state index is 0.0258. The number of nitrogens with two attached hydrogens (primary N) is 1. The van der Waals surface area contributed by atoms with Crippen LogP contribution < -0.4 is 11.1 Å². The molecule has 0 fully saturated rings. The van der Waals surface area contributed by atoms with E-state index < -0.39 is 6.04 Å². The van der Waals surface area contributed by atoms with Crippen LogP contribution in [0.15, 0.2) is 0 Å². The predicted octanol–water partition coefficient (Wildman–Crippen LogP) is -1.13. The Hall–Kier alpha value is -1.18. The van der Waals surface area contributed by atoms with Gasteiger partial charge in [-0.15, -0.1) is 0 Å². The van der Waals surface area contributed by atoms with Crippen LogP contribution in [0.25, 0.3) is 0 Å². The van der Waals surface area contributed by atoms with E-state index in [1.54, 1.807) is 0 Å². The molecule has 0 saturated heterocycles. The van der Waals surface area contributed by atoms with E-state index >= 15 is 0 Å². The van der Waals surface area contributed by atoms with Gasteiger partial charge in [-0.3, -0.25) is 0 Å². The number of halogens is 1. The number of nitrogens with one attached hydrogen (secondary N) is 1. The van der Waals surface area contributed by atoms with E-state index in [-0.39, 0.29) is 30.4 Å². The van der Waals surface area contributed by atoms with Gasteiger partial charge in [-0.05, 0) is 11.6 Å². The molecule has 0 aliphatic rings. The van der Waals surface area contributed by atoms with E-state index in [1.807, 2.05) is 0 Å². The molecule has 0 aromatic carbocycles. The summed E-state index contributed by atoms with van der Waals surface area (Å²) >= 11 is 5.51. The third kappa shape index (κ3) is 2.95. The fourth-order valence-corrected chi connectivity index (χ4v) is 0.928. The highest BCUT2D eigenvalue weighted by molar-refractivity contribution is 6.28. The second kappa shape index (κ2) is 4.89. The Balaban J connectivity index is 2.75. The second-order valence-electron chi connectivity index (χ2n) is 2.49. The number of anilines is 2. The molecular weight excluding hydrogens is 210 g/mol. The molecule has 1 aromatic heterocycles. The van der Waals surface area contributed by atoms with Gasteiger partial charge in [0, 0.05) is 0 Å². The van der Waals surface area contributed by atoms with E-state index in [4.69, 9.17) is 27.5 Å². The summed E-state index contributed by atoms with van der Waals surface area (Å²) in [5.41, 5.74) is 5.31. The van der Waals surface area contributed by atoms with Crippen LogP contribution in [-0.4, -0.2) is 44.4 Å². The van der Waals surface area contributed by atoms with Crippen molar-refractivity contribution in [1.82, 2.24) is 15.0 Å². The van der Waals surface area contributed by atoms with Crippen molar-refractivity contribution >= 4 is 23.5 Å². The summed E-state index contributed by atoms with van der Waals surface area (Å²) in [6.45, 7) is -0.501. The molecule has 0 bridgehead atoms. The fraction of sp³-hybridized carbons (Fsp3) is 0.500. The molecule has 1 rings (SSSR count). The summed E-state index contributed by atoms with van der Waals surface area (Å²) in [5.74, 6) is 0.0951. The van der Waals surface area contributed by atoms with Crippen molar-refractivity contribution in [3.8, 4) is 0 Å². The van der Waals surface area contributed by atoms with Crippen molar-refractivity contribution in [2.24, 2.45) is 0 Å². The quantitative estimate of drug-likeness (QED) is 0.506. The van der Waals surface area contributed by atoms with Crippen molar-refractivity contribution in [2.45, 2.75) is 6.04 Å². The molecule has 5 N–H and O–H groups in total. The second-order valence-corrected chi connectivity index (χ2v) is 2.83. The van der Waals surface area contributed by atoms with Crippen molar-refractivity contribution in [3.63, 3.8) is 0 Å². The van der Waals surface area contributed by atoms with Crippen LogP contribution in [0.3, 0.4) is 0 Å². The Morgan fingerprint density at radius 3 is 2.43 bits per heavy atom. The molecule has 1 heterocycles. The molecule has 0 aliphatic carbocycles. The molecule has 0 atom stereocenters. The first kappa shape index (κ1) is 10.9. The molecule has 0 radical (unpaired) electrons. The lowest BCUT2D eigenvalue weighted by Crippen LogP contribution is -2.28. The van der Waals surface area contributed by atoms with Gasteiger partial charge in [0.1, 0.15) is 0 Å². The van der Waals surface area contributed by atoms with E-state index in [0.717, 1.165) is 0 Å². The first-order chi connectivity index (χ1) is 6.65. The maximum atomic E-state index is 8.77. The van der Waals surface area contributed by atoms with Crippen LogP contribution in [0.2, 0.25) is 5.28 Å². The van der Waals surface area contributed by atoms with Crippen molar-refractivity contribution in [3.05, 3.63) is 5.28 Å². The third-order valence-electron chi connectivity index (χ3n) is 1.40. The van der Waals surface area contributed by atoms with Crippen LogP contribution in [0.4, 0.5) is 11.9 Å². The summed E-state index contributed by atoms with van der Waals surface area (Å²) in [6.07, 6.45) is 0. The summed E-state index contributed by atoms with van der Waals surface area (Å²) in [7, 11) is 0. The molecule has 0 aliphatic heterocycles. The van der Waals surface area contributed by atoms with Crippen molar-refractivity contribution < 1.29 is 10.2 Å². The van der Waals surface area contributed by atoms with Crippen molar-refractivity contribution in [1.29, 1.82) is 0 Å². The van der Waals surface area contributed by atoms with Gasteiger partial charge in [0.05, 0.1) is 19.3 Å². The third-order valence-corrected chi connectivity index (χ3v) is 1.57. The molecule has 78 valence electrons. The van der Waals surface area contributed by atoms with Gasteiger partial charge in [-0.1, -0.05) is 0 Å². The predicted molar refractivity (Wildman–Crippen MR) is 50.8 cm³/mol. The molecular formula is C6H10ClN5O2. The summed E-state index contributed by atoms with van der Waals surface area (Å²) in [5, 5.41) is 20.1. The van der Waals surface area contributed by atoms with E-state index in [9.17, 15) is 0 Å². The molecule has 0 spiro atoms. The fourth-order valence-electron chi connectivity index (χ4n) is 0.762. The van der Waals surface area contributed by atoms with Crippen molar-refractivity contribution in [2.75, 3.05) is 24.3 Å². The first-order valence-electron chi connectivity index (χ1n) is 3.81. The maximum Gasteiger partial charge on any atom is 0.229 e. The largest absolute Gasteiger partial charge is 0.394 e. The highest BCUT2D eigenvalue weighted by Gasteiger charge is 2.08. The molecule has 8 heteroatoms. The van der Waals surface area contributed by atoms with Gasteiger partial charge in [-0.2, -0.15) is 15.0 Å². The SMILES string of the molecule is Nc1nc(Cl)nc(NC(CO)CO)n1. The molecule has 1 aromatic rings. The number of aliphatic hydroxyl groups is 2. The Morgan fingerprint density at radius 2 is 1.93 bits per heavy atom. The number of rotatable bonds is 4. The average molecular weight is 220 g/mol. The zero-order chi connectivity index (χ0) is 10.6. The Morgan fingerprint density at radius 1 is 1.29 bits per heavy atom. The van der Waals surface area contributed by atoms with Crippen LogP contribution >= 0.6 is 11.6 Å². The highest BCUT2D eigenvalue weighted by Crippen LogP contribution is 2.07. The Bertz CT molecular complexity index is 286. The lowest BCUT2D eigenvalue weighted by molar-refractivity contribution is 0.203. The molecule has 14 heavy (non-hydrogen) atoms. The number of hydrogen-bond donors (Lipinski definition) is 4. The van der Waals surface area contributed by atoms with Gasteiger partial charge >= 0.3 is 0 Å². The number of nitrogen functional groups attached to an aromatic ring is 1. The van der Waals surface area contributed by atoms with Crippen LogP contribution in [0, 0.1) is 0 Å². The zero-order valence-electron chi connectivity index (χ0n) is 7.18. The van der Waals surface area contributed by atoms with E-state index in [0.29, 0.717) is 0 Å². The number of aliphatic hydroxyl groups excluding tert-OH is 2. The standard InChI is InChI=1S/C6H10ClN5O2/c7-4-10-5(8)12-6(11-4)9-3(1-13)2-14/h3,13-14H,1-2H2,(H3,8,9,10,11,12). The van der Waals surface area contributed by atoms with E-state index in [2.05, 4.69) is 20.3 Å². The van der Waals surface area contributed by atoms with Crippen LogP contribution in [0.1, 0.15) is 0 Å². The topological polar surface area (TPSA) is 117 Å². The average Bonchev–Trinajstić information content (AvgIpc) is 2.12. The minimum atomic E-state index is -0.548. The minimum Gasteiger partial charge on any atom is -0.394 e. The molecule has 7 nitrogen and oxygen atoms in total. The van der Waals surface area contributed by atoms with Crippen LogP contribution in [-0.2, 0) is 0 Å². The van der Waals surface area contributed by atoms with Gasteiger partial charge in [0.15, 0.2) is 0 Å². The summed E-state index contributed by atoms with van der Waals surface area (Å²) in [4.78, 5) is 11.0. The number of aromatic nitrogens is 3. The first-order valence-corrected chi connectivity index (χ1v) is 4.18. The normalized spacial score (nSPS) is 10.6. The van der Waals surface area contributed by atoms with Gasteiger partial charge in [0.2, 0.25) is 17.2 Å². The van der Waals surface area contributed by atoms with Gasteiger partial charge in [0.25, 0.3) is 0 Å². The van der Waals surface area contributed by atoms with Gasteiger partial charge in [-0.25, -0.2) is 0 Å². The number of nitrogens with zero attached hydrogens (tertiary/aromatic N) is 3. The lowest BCUT2D eigenvalue weighted by atomic mass is 10.3. The van der Waals surface area contributed by atoms with Gasteiger partial charge < -0.3 is 21.3 Å². The molecule has 0 saturated carbocycles. The lowest BCUT2D eigenvalue weighted by Gasteiger charge is -2.12. The maximum absolute atomic E-state index is 8.77.